The summed E-state index contributed by atoms with van der Waals surface area (Å²) in [4.78, 5) is 28.4. The summed E-state index contributed by atoms with van der Waals surface area (Å²) in [5.41, 5.74) is 25.0. The Morgan fingerprint density at radius 3 is 2.52 bits per heavy atom. The zero-order valence-corrected chi connectivity index (χ0v) is 26.6. The van der Waals surface area contributed by atoms with Crippen LogP contribution in [-0.4, -0.2) is 45.6 Å². The number of hydrogen-bond acceptors (Lipinski definition) is 5. The molecule has 46 heavy (non-hydrogen) atoms. The largest absolute Gasteiger partial charge is 0.372 e. The second-order valence-electron chi connectivity index (χ2n) is 12.0. The number of aromatic nitrogens is 3. The number of halogens is 2. The van der Waals surface area contributed by atoms with E-state index in [-0.39, 0.29) is 36.2 Å². The van der Waals surface area contributed by atoms with E-state index < -0.39 is 11.5 Å². The molecule has 9 N–H and O–H groups in total. The summed E-state index contributed by atoms with van der Waals surface area (Å²) >= 11 is 6.32. The number of fused-ring (bicyclic) bond motifs is 1. The van der Waals surface area contributed by atoms with Crippen LogP contribution in [0.2, 0.25) is 5.02 Å². The molecule has 1 saturated carbocycles. The first-order chi connectivity index (χ1) is 22.1. The Bertz CT molecular complexity index is 1770. The van der Waals surface area contributed by atoms with Gasteiger partial charge in [0.15, 0.2) is 17.7 Å². The summed E-state index contributed by atoms with van der Waals surface area (Å²) in [5.74, 6) is 1.04. The van der Waals surface area contributed by atoms with E-state index in [1.54, 1.807) is 30.5 Å². The van der Waals surface area contributed by atoms with Crippen LogP contribution in [0.4, 0.5) is 4.39 Å². The third kappa shape index (κ3) is 8.64. The van der Waals surface area contributed by atoms with Crippen molar-refractivity contribution in [3.05, 3.63) is 81.1 Å². The summed E-state index contributed by atoms with van der Waals surface area (Å²) in [5, 5.41) is 0.735. The topological polar surface area (TPSA) is 189 Å². The molecule has 4 aromatic rings. The van der Waals surface area contributed by atoms with Gasteiger partial charge in [-0.1, -0.05) is 37.1 Å². The second kappa shape index (κ2) is 14.8. The Labute approximate surface area is 271 Å². The van der Waals surface area contributed by atoms with Crippen molar-refractivity contribution in [3.8, 4) is 16.9 Å². The minimum absolute atomic E-state index is 0.0000669. The Morgan fingerprint density at radius 1 is 1.09 bits per heavy atom. The van der Waals surface area contributed by atoms with Gasteiger partial charge in [0.05, 0.1) is 35.7 Å². The third-order valence-electron chi connectivity index (χ3n) is 8.36. The Balaban J connectivity index is 1.29. The van der Waals surface area contributed by atoms with E-state index in [9.17, 15) is 4.79 Å². The Hall–Kier alpha value is -4.42. The van der Waals surface area contributed by atoms with Crippen molar-refractivity contribution < 1.29 is 9.13 Å². The molecule has 1 fully saturated rings. The van der Waals surface area contributed by atoms with E-state index in [1.807, 2.05) is 18.2 Å². The number of aryl methyl sites for hydroxylation is 1. The number of nitrogens with two attached hydrogens (primary N) is 4. The average Bonchev–Trinajstić information content (AvgIpc) is 3.79. The van der Waals surface area contributed by atoms with E-state index in [4.69, 9.17) is 39.3 Å². The number of nitrogens with zero attached hydrogens (tertiary/aromatic N) is 4. The van der Waals surface area contributed by atoms with Crippen LogP contribution >= 0.6 is 11.6 Å². The predicted molar refractivity (Wildman–Crippen MR) is 181 cm³/mol. The van der Waals surface area contributed by atoms with Gasteiger partial charge in [-0.25, -0.2) is 9.18 Å². The number of guanidine groups is 2. The molecule has 13 heteroatoms. The molecule has 2 atom stereocenters. The first-order valence-corrected chi connectivity index (χ1v) is 15.9. The monoisotopic (exact) mass is 649 g/mol. The van der Waals surface area contributed by atoms with Gasteiger partial charge in [-0.2, -0.15) is 4.98 Å². The van der Waals surface area contributed by atoms with Gasteiger partial charge < -0.3 is 32.7 Å². The van der Waals surface area contributed by atoms with E-state index in [1.165, 1.54) is 17.4 Å². The number of hydrogen-bond donors (Lipinski definition) is 5. The Kier molecular flexibility index (Phi) is 10.6. The van der Waals surface area contributed by atoms with E-state index in [0.29, 0.717) is 40.9 Å². The molecule has 0 bridgehead atoms. The van der Waals surface area contributed by atoms with Gasteiger partial charge in [0.1, 0.15) is 5.65 Å². The van der Waals surface area contributed by atoms with Crippen molar-refractivity contribution in [1.29, 1.82) is 0 Å². The summed E-state index contributed by atoms with van der Waals surface area (Å²) in [6, 6.07) is 12.7. The highest BCUT2D eigenvalue weighted by Gasteiger charge is 2.27. The lowest BCUT2D eigenvalue weighted by Gasteiger charge is -2.15. The summed E-state index contributed by atoms with van der Waals surface area (Å²) in [6.07, 6.45) is 7.56. The average molecular weight is 650 g/mol. The minimum Gasteiger partial charge on any atom is -0.372 e. The molecular formula is C33H41ClFN9O2. The Morgan fingerprint density at radius 2 is 1.83 bits per heavy atom. The van der Waals surface area contributed by atoms with Crippen LogP contribution in [0.25, 0.3) is 28.0 Å². The molecule has 2 aromatic heterocycles. The summed E-state index contributed by atoms with van der Waals surface area (Å²) < 4.78 is 22.7. The summed E-state index contributed by atoms with van der Waals surface area (Å²) in [6.45, 7) is 3.23. The highest BCUT2D eigenvalue weighted by atomic mass is 35.5. The van der Waals surface area contributed by atoms with Gasteiger partial charge in [-0.05, 0) is 85.4 Å². The van der Waals surface area contributed by atoms with Crippen molar-refractivity contribution in [2.45, 2.75) is 58.2 Å². The number of aliphatic imine (C=N–C) groups is 2. The molecule has 0 saturated heterocycles. The van der Waals surface area contributed by atoms with Gasteiger partial charge in [0, 0.05) is 23.7 Å². The minimum atomic E-state index is -0.506. The first kappa shape index (κ1) is 33.0. The molecule has 2 heterocycles. The van der Waals surface area contributed by atoms with Gasteiger partial charge in [0.25, 0.3) is 0 Å². The van der Waals surface area contributed by atoms with Crippen molar-refractivity contribution in [3.63, 3.8) is 0 Å². The zero-order valence-electron chi connectivity index (χ0n) is 25.9. The molecule has 244 valence electrons. The van der Waals surface area contributed by atoms with Crippen LogP contribution < -0.4 is 28.6 Å². The smallest absolute Gasteiger partial charge is 0.354 e. The summed E-state index contributed by atoms with van der Waals surface area (Å²) in [7, 11) is 0. The van der Waals surface area contributed by atoms with Crippen LogP contribution in [0.3, 0.4) is 0 Å². The highest BCUT2D eigenvalue weighted by Crippen LogP contribution is 2.39. The van der Waals surface area contributed by atoms with Crippen LogP contribution in [0.1, 0.15) is 50.2 Å². The number of ether oxygens (including phenoxy) is 1. The fraction of sp³-hybridized carbons (Fsp3) is 0.394. The highest BCUT2D eigenvalue weighted by molar-refractivity contribution is 6.31. The molecule has 0 amide bonds. The SMILES string of the molecule is C[C@H](CCCc1cc(Cl)c(F)c(-c2cc3cn(-c4ccc(CO[C@H](CCN=C(N)N)CN=C(N)N)cc4)c(=O)nc3[nH]2)c1)C1CC1. The molecule has 1 aliphatic rings. The van der Waals surface area contributed by atoms with Crippen molar-refractivity contribution >= 4 is 34.6 Å². The van der Waals surface area contributed by atoms with Gasteiger partial charge >= 0.3 is 5.69 Å². The number of benzene rings is 2. The van der Waals surface area contributed by atoms with E-state index in [2.05, 4.69) is 26.9 Å². The molecule has 0 aliphatic heterocycles. The van der Waals surface area contributed by atoms with Crippen molar-refractivity contribution in [2.24, 2.45) is 44.8 Å². The van der Waals surface area contributed by atoms with E-state index >= 15 is 4.39 Å². The molecule has 1 aliphatic carbocycles. The van der Waals surface area contributed by atoms with Gasteiger partial charge in [-0.15, -0.1) is 0 Å². The molecule has 0 unspecified atom stereocenters. The van der Waals surface area contributed by atoms with Crippen LogP contribution in [0, 0.1) is 17.7 Å². The lowest BCUT2D eigenvalue weighted by Crippen LogP contribution is -2.27. The molecule has 5 rings (SSSR count). The number of aromatic amines is 1. The normalized spacial score (nSPS) is 14.2. The van der Waals surface area contributed by atoms with Crippen molar-refractivity contribution in [1.82, 2.24) is 14.5 Å². The second-order valence-corrected chi connectivity index (χ2v) is 12.4. The standard InChI is InChI=1S/C33H41ClFN9O2/c1-19(22-7-8-22)3-2-4-21-13-26(29(35)27(34)14-21)28-15-23-17-44(33(45)43-30(23)42-28)24-9-5-20(6-10-24)18-46-25(16-41-32(38)39)11-12-40-31(36)37/h5-6,9-10,13-15,17,19,22,25H,2-4,7-8,11-12,16,18H2,1H3,(H4,36,37,40)(H4,38,39,41)(H,42,43,45)/t19-,25-/m1/s1. The molecule has 0 spiro atoms. The maximum Gasteiger partial charge on any atom is 0.354 e. The van der Waals surface area contributed by atoms with Gasteiger partial charge in [-0.3, -0.25) is 14.6 Å². The fourth-order valence-electron chi connectivity index (χ4n) is 5.58. The number of H-pyrrole nitrogens is 1. The lowest BCUT2D eigenvalue weighted by molar-refractivity contribution is 0.0429. The molecule has 0 radical (unpaired) electrons. The number of nitrogens with one attached hydrogen (secondary N) is 1. The first-order valence-electron chi connectivity index (χ1n) is 15.5. The van der Waals surface area contributed by atoms with Crippen molar-refractivity contribution in [2.75, 3.05) is 13.1 Å². The fourth-order valence-corrected chi connectivity index (χ4v) is 5.82. The van der Waals surface area contributed by atoms with E-state index in [0.717, 1.165) is 42.2 Å². The zero-order chi connectivity index (χ0) is 32.8. The van der Waals surface area contributed by atoms with Crippen LogP contribution in [0.5, 0.6) is 0 Å². The maximum atomic E-state index is 15.2. The molecular weight excluding hydrogens is 609 g/mol. The van der Waals surface area contributed by atoms with Crippen LogP contribution in [0.15, 0.2) is 63.4 Å². The number of rotatable bonds is 15. The van der Waals surface area contributed by atoms with Crippen LogP contribution in [-0.2, 0) is 17.8 Å². The third-order valence-corrected chi connectivity index (χ3v) is 8.64. The molecule has 11 nitrogen and oxygen atoms in total. The quantitative estimate of drug-likeness (QED) is 0.0933. The lowest BCUT2D eigenvalue weighted by atomic mass is 9.96. The van der Waals surface area contributed by atoms with Gasteiger partial charge in [0.2, 0.25) is 0 Å². The maximum absolute atomic E-state index is 15.2. The molecule has 2 aromatic carbocycles. The predicted octanol–water partition coefficient (Wildman–Crippen LogP) is 4.36.